The van der Waals surface area contributed by atoms with Gasteiger partial charge in [0.2, 0.25) is 11.9 Å². The van der Waals surface area contributed by atoms with Gasteiger partial charge in [-0.05, 0) is 26.3 Å². The minimum atomic E-state index is -0.141. The van der Waals surface area contributed by atoms with Crippen molar-refractivity contribution in [3.63, 3.8) is 0 Å². The number of nitrogens with one attached hydrogen (secondary N) is 1. The van der Waals surface area contributed by atoms with Crippen LogP contribution in [0.15, 0.2) is 6.07 Å². The molecule has 1 saturated heterocycles. The Morgan fingerprint density at radius 2 is 2.35 bits per heavy atom. The number of aryl methyl sites for hydroxylation is 1. The fourth-order valence-electron chi connectivity index (χ4n) is 1.86. The van der Waals surface area contributed by atoms with Gasteiger partial charge in [0.15, 0.2) is 0 Å². The molecule has 2 rings (SSSR count). The Morgan fingerprint density at radius 3 is 2.94 bits per heavy atom. The molecule has 1 aromatic heterocycles. The van der Waals surface area contributed by atoms with Gasteiger partial charge in [-0.2, -0.15) is 0 Å². The van der Waals surface area contributed by atoms with Gasteiger partial charge in [-0.1, -0.05) is 11.6 Å². The van der Waals surface area contributed by atoms with Crippen LogP contribution < -0.4 is 5.32 Å². The van der Waals surface area contributed by atoms with Crippen molar-refractivity contribution in [1.29, 1.82) is 0 Å². The van der Waals surface area contributed by atoms with Crippen LogP contribution in [0.25, 0.3) is 0 Å². The third-order valence-corrected chi connectivity index (χ3v) is 2.96. The van der Waals surface area contributed by atoms with Crippen molar-refractivity contribution < 1.29 is 9.53 Å². The largest absolute Gasteiger partial charge is 0.378 e. The van der Waals surface area contributed by atoms with Gasteiger partial charge in [-0.3, -0.25) is 10.1 Å². The summed E-state index contributed by atoms with van der Waals surface area (Å²) < 4.78 is 5.34. The van der Waals surface area contributed by atoms with Crippen molar-refractivity contribution in [1.82, 2.24) is 9.97 Å². The Kier molecular flexibility index (Phi) is 3.59. The zero-order chi connectivity index (χ0) is 12.4. The number of anilines is 1. The molecular formula is C11H14ClN3O2. The lowest BCUT2D eigenvalue weighted by Crippen LogP contribution is -2.28. The Labute approximate surface area is 105 Å². The van der Waals surface area contributed by atoms with E-state index in [1.807, 2.05) is 6.92 Å². The Balaban J connectivity index is 2.07. The fourth-order valence-corrected chi connectivity index (χ4v) is 2.10. The number of ether oxygens (including phenoxy) is 1. The van der Waals surface area contributed by atoms with Gasteiger partial charge < -0.3 is 4.74 Å². The van der Waals surface area contributed by atoms with E-state index in [-0.39, 0.29) is 23.9 Å². The monoisotopic (exact) mass is 255 g/mol. The molecule has 0 bridgehead atoms. The topological polar surface area (TPSA) is 64.1 Å². The Bertz CT molecular complexity index is 418. The fraction of sp³-hybridized carbons (Fsp3) is 0.545. The number of halogens is 1. The first-order valence-corrected chi connectivity index (χ1v) is 5.87. The first-order valence-electron chi connectivity index (χ1n) is 5.50. The highest BCUT2D eigenvalue weighted by Gasteiger charge is 2.31. The summed E-state index contributed by atoms with van der Waals surface area (Å²) in [6.07, 6.45) is 0.669. The minimum Gasteiger partial charge on any atom is -0.378 e. The molecule has 2 unspecified atom stereocenters. The van der Waals surface area contributed by atoms with E-state index >= 15 is 0 Å². The number of nitrogens with zero attached hydrogens (tertiary/aromatic N) is 2. The van der Waals surface area contributed by atoms with E-state index in [0.717, 1.165) is 12.1 Å². The molecule has 0 radical (unpaired) electrons. The quantitative estimate of drug-likeness (QED) is 0.819. The van der Waals surface area contributed by atoms with Gasteiger partial charge in [-0.25, -0.2) is 9.97 Å². The lowest BCUT2D eigenvalue weighted by Gasteiger charge is -2.13. The molecule has 1 aliphatic rings. The molecule has 1 aromatic rings. The molecule has 1 N–H and O–H groups in total. The summed E-state index contributed by atoms with van der Waals surface area (Å²) in [4.78, 5) is 20.0. The molecule has 2 atom stereocenters. The van der Waals surface area contributed by atoms with Crippen LogP contribution in [0, 0.1) is 12.8 Å². The van der Waals surface area contributed by atoms with Gasteiger partial charge in [0, 0.05) is 12.3 Å². The molecule has 0 aromatic carbocycles. The van der Waals surface area contributed by atoms with Crippen LogP contribution in [0.1, 0.15) is 19.0 Å². The average Bonchev–Trinajstić information content (AvgIpc) is 2.62. The van der Waals surface area contributed by atoms with E-state index in [1.54, 1.807) is 13.0 Å². The smallest absolute Gasteiger partial charge is 0.232 e. The van der Waals surface area contributed by atoms with Gasteiger partial charge >= 0.3 is 0 Å². The van der Waals surface area contributed by atoms with Crippen LogP contribution >= 0.6 is 11.6 Å². The second-order valence-corrected chi connectivity index (χ2v) is 4.50. The van der Waals surface area contributed by atoms with Gasteiger partial charge in [0.1, 0.15) is 5.15 Å². The third kappa shape index (κ3) is 2.92. The summed E-state index contributed by atoms with van der Waals surface area (Å²) in [5.74, 6) is -0.00588. The molecule has 1 fully saturated rings. The summed E-state index contributed by atoms with van der Waals surface area (Å²) in [6, 6.07) is 1.64. The molecule has 17 heavy (non-hydrogen) atoms. The molecule has 92 valence electrons. The van der Waals surface area contributed by atoms with Crippen molar-refractivity contribution in [2.24, 2.45) is 5.92 Å². The minimum absolute atomic E-state index is 0.0599. The second-order valence-electron chi connectivity index (χ2n) is 4.12. The molecule has 1 amide bonds. The van der Waals surface area contributed by atoms with E-state index in [0.29, 0.717) is 11.8 Å². The number of carbonyl (C=O) groups excluding carboxylic acids is 1. The van der Waals surface area contributed by atoms with E-state index < -0.39 is 0 Å². The number of hydrogen-bond donors (Lipinski definition) is 1. The maximum absolute atomic E-state index is 11.9. The second kappa shape index (κ2) is 4.98. The molecule has 0 spiro atoms. The molecule has 0 aliphatic carbocycles. The highest BCUT2D eigenvalue weighted by Crippen LogP contribution is 2.21. The third-order valence-electron chi connectivity index (χ3n) is 2.77. The van der Waals surface area contributed by atoms with Gasteiger partial charge in [0.25, 0.3) is 0 Å². The summed E-state index contributed by atoms with van der Waals surface area (Å²) in [7, 11) is 0. The van der Waals surface area contributed by atoms with Crippen LogP contribution in [0.5, 0.6) is 0 Å². The van der Waals surface area contributed by atoms with Crippen molar-refractivity contribution >= 4 is 23.5 Å². The summed E-state index contributed by atoms with van der Waals surface area (Å²) in [5, 5.41) is 2.99. The Hall–Kier alpha value is -1.20. The van der Waals surface area contributed by atoms with Crippen LogP contribution in [-0.4, -0.2) is 28.6 Å². The van der Waals surface area contributed by atoms with Crippen LogP contribution in [0.4, 0.5) is 5.95 Å². The number of aromatic nitrogens is 2. The predicted octanol–water partition coefficient (Wildman–Crippen LogP) is 1.80. The normalized spacial score (nSPS) is 23.7. The van der Waals surface area contributed by atoms with E-state index in [1.165, 1.54) is 0 Å². The molecular weight excluding hydrogens is 242 g/mol. The zero-order valence-electron chi connectivity index (χ0n) is 9.74. The van der Waals surface area contributed by atoms with Crippen molar-refractivity contribution in [3.05, 3.63) is 16.9 Å². The number of rotatable bonds is 2. The first-order chi connectivity index (χ1) is 8.06. The molecule has 2 heterocycles. The van der Waals surface area contributed by atoms with E-state index in [2.05, 4.69) is 15.3 Å². The number of carbonyl (C=O) groups is 1. The van der Waals surface area contributed by atoms with E-state index in [4.69, 9.17) is 16.3 Å². The van der Waals surface area contributed by atoms with Crippen molar-refractivity contribution in [2.45, 2.75) is 26.4 Å². The molecule has 5 nitrogen and oxygen atoms in total. The van der Waals surface area contributed by atoms with Crippen molar-refractivity contribution in [2.75, 3.05) is 11.9 Å². The highest BCUT2D eigenvalue weighted by molar-refractivity contribution is 6.29. The summed E-state index contributed by atoms with van der Waals surface area (Å²) in [6.45, 7) is 4.31. The van der Waals surface area contributed by atoms with E-state index in [9.17, 15) is 4.79 Å². The lowest BCUT2D eigenvalue weighted by molar-refractivity contribution is -0.121. The predicted molar refractivity (Wildman–Crippen MR) is 63.9 cm³/mol. The van der Waals surface area contributed by atoms with Crippen LogP contribution in [0.2, 0.25) is 5.15 Å². The van der Waals surface area contributed by atoms with Gasteiger partial charge in [-0.15, -0.1) is 0 Å². The van der Waals surface area contributed by atoms with Crippen LogP contribution in [-0.2, 0) is 9.53 Å². The molecule has 1 aliphatic heterocycles. The number of amides is 1. The van der Waals surface area contributed by atoms with Crippen molar-refractivity contribution in [3.8, 4) is 0 Å². The Morgan fingerprint density at radius 1 is 1.59 bits per heavy atom. The van der Waals surface area contributed by atoms with Crippen LogP contribution in [0.3, 0.4) is 0 Å². The highest BCUT2D eigenvalue weighted by atomic mass is 35.5. The first kappa shape index (κ1) is 12.3. The van der Waals surface area contributed by atoms with Gasteiger partial charge in [0.05, 0.1) is 12.0 Å². The number of hydrogen-bond acceptors (Lipinski definition) is 4. The standard InChI is InChI=1S/C11H14ClN3O2/c1-6-5-9(12)14-11(13-6)15-10(16)8-3-4-17-7(8)2/h5,7-8H,3-4H2,1-2H3,(H,13,14,15,16). The SMILES string of the molecule is Cc1cc(Cl)nc(NC(=O)C2CCOC2C)n1. The maximum atomic E-state index is 11.9. The summed E-state index contributed by atoms with van der Waals surface area (Å²) >= 11 is 5.79. The zero-order valence-corrected chi connectivity index (χ0v) is 10.5. The maximum Gasteiger partial charge on any atom is 0.232 e. The lowest BCUT2D eigenvalue weighted by atomic mass is 10.0. The molecule has 0 saturated carbocycles. The summed E-state index contributed by atoms with van der Waals surface area (Å²) in [5.41, 5.74) is 0.719. The average molecular weight is 256 g/mol. The molecule has 6 heteroatoms.